The van der Waals surface area contributed by atoms with Crippen molar-refractivity contribution in [3.63, 3.8) is 0 Å². The summed E-state index contributed by atoms with van der Waals surface area (Å²) in [6.07, 6.45) is 11.6. The van der Waals surface area contributed by atoms with E-state index in [9.17, 15) is 0 Å². The Hall–Kier alpha value is -0.950. The standard InChI is InChI=1S/C12H14ClN/c1-2-10-5-6-11(13)9-12(10)14-7-3-4-8-14/h3-10,12H,2H2,1H3. The Bertz CT molecular complexity index is 348. The van der Waals surface area contributed by atoms with Gasteiger partial charge < -0.3 is 4.57 Å². The number of nitrogens with zero attached hydrogens (tertiary/aromatic N) is 1. The average Bonchev–Trinajstić information content (AvgIpc) is 2.70. The monoisotopic (exact) mass is 207 g/mol. The molecule has 2 unspecified atom stereocenters. The van der Waals surface area contributed by atoms with Crippen molar-refractivity contribution in [2.75, 3.05) is 0 Å². The fourth-order valence-electron chi connectivity index (χ4n) is 1.90. The lowest BCUT2D eigenvalue weighted by atomic mass is 9.92. The summed E-state index contributed by atoms with van der Waals surface area (Å²) in [5.41, 5.74) is 0. The van der Waals surface area contributed by atoms with Gasteiger partial charge in [-0.15, -0.1) is 0 Å². The summed E-state index contributed by atoms with van der Waals surface area (Å²) in [5.74, 6) is 0.560. The molecule has 1 heterocycles. The molecule has 1 nitrogen and oxygen atoms in total. The van der Waals surface area contributed by atoms with Gasteiger partial charge in [0.05, 0.1) is 6.04 Å². The molecule has 1 aliphatic rings. The van der Waals surface area contributed by atoms with E-state index in [1.807, 2.05) is 18.2 Å². The zero-order valence-electron chi connectivity index (χ0n) is 8.23. The van der Waals surface area contributed by atoms with Crippen molar-refractivity contribution in [3.05, 3.63) is 47.8 Å². The van der Waals surface area contributed by atoms with Gasteiger partial charge in [0.15, 0.2) is 0 Å². The number of hydrogen-bond donors (Lipinski definition) is 0. The van der Waals surface area contributed by atoms with Crippen LogP contribution in [-0.4, -0.2) is 4.57 Å². The fourth-order valence-corrected chi connectivity index (χ4v) is 2.10. The van der Waals surface area contributed by atoms with Crippen LogP contribution in [0.5, 0.6) is 0 Å². The molecular weight excluding hydrogens is 194 g/mol. The highest BCUT2D eigenvalue weighted by Gasteiger charge is 2.19. The molecule has 2 heteroatoms. The minimum absolute atomic E-state index is 0.382. The van der Waals surface area contributed by atoms with Crippen LogP contribution in [0.1, 0.15) is 19.4 Å². The van der Waals surface area contributed by atoms with E-state index in [0.717, 1.165) is 11.5 Å². The largest absolute Gasteiger partial charge is 0.347 e. The molecule has 1 aromatic heterocycles. The maximum absolute atomic E-state index is 6.01. The summed E-state index contributed by atoms with van der Waals surface area (Å²) in [5, 5.41) is 0.841. The van der Waals surface area contributed by atoms with Gasteiger partial charge in [0.2, 0.25) is 0 Å². The first-order valence-electron chi connectivity index (χ1n) is 4.99. The highest BCUT2D eigenvalue weighted by Crippen LogP contribution is 2.30. The zero-order valence-corrected chi connectivity index (χ0v) is 8.98. The SMILES string of the molecule is CCC1C=CC(Cl)=CC1n1cccc1. The highest BCUT2D eigenvalue weighted by atomic mass is 35.5. The van der Waals surface area contributed by atoms with Gasteiger partial charge in [-0.3, -0.25) is 0 Å². The molecule has 1 aromatic rings. The zero-order chi connectivity index (χ0) is 9.97. The van der Waals surface area contributed by atoms with E-state index >= 15 is 0 Å². The second-order valence-electron chi connectivity index (χ2n) is 3.60. The summed E-state index contributed by atoms with van der Waals surface area (Å²) in [4.78, 5) is 0. The van der Waals surface area contributed by atoms with Crippen LogP contribution in [0.2, 0.25) is 0 Å². The first kappa shape index (κ1) is 9.60. The van der Waals surface area contributed by atoms with Crippen LogP contribution in [0.3, 0.4) is 0 Å². The van der Waals surface area contributed by atoms with Gasteiger partial charge in [0, 0.05) is 23.3 Å². The maximum Gasteiger partial charge on any atom is 0.0590 e. The van der Waals surface area contributed by atoms with Crippen molar-refractivity contribution in [1.29, 1.82) is 0 Å². The van der Waals surface area contributed by atoms with E-state index in [2.05, 4.69) is 36.0 Å². The van der Waals surface area contributed by atoms with Crippen LogP contribution in [0.15, 0.2) is 47.8 Å². The number of aromatic nitrogens is 1. The molecule has 0 amide bonds. The van der Waals surface area contributed by atoms with Crippen molar-refractivity contribution in [1.82, 2.24) is 4.57 Å². The topological polar surface area (TPSA) is 4.93 Å². The lowest BCUT2D eigenvalue weighted by Gasteiger charge is -2.25. The van der Waals surface area contributed by atoms with Crippen LogP contribution in [0.4, 0.5) is 0 Å². The minimum Gasteiger partial charge on any atom is -0.347 e. The van der Waals surface area contributed by atoms with E-state index in [-0.39, 0.29) is 0 Å². The Kier molecular flexibility index (Phi) is 2.78. The number of halogens is 1. The molecule has 0 aromatic carbocycles. The molecule has 0 saturated heterocycles. The summed E-state index contributed by atoms with van der Waals surface area (Å²) < 4.78 is 2.21. The molecule has 14 heavy (non-hydrogen) atoms. The summed E-state index contributed by atoms with van der Waals surface area (Å²) in [6.45, 7) is 2.21. The molecular formula is C12H14ClN. The van der Waals surface area contributed by atoms with Gasteiger partial charge in [-0.05, 0) is 30.7 Å². The average molecular weight is 208 g/mol. The first-order chi connectivity index (χ1) is 6.81. The second-order valence-corrected chi connectivity index (χ2v) is 4.04. The van der Waals surface area contributed by atoms with E-state index in [0.29, 0.717) is 12.0 Å². The number of allylic oxidation sites excluding steroid dienone is 4. The van der Waals surface area contributed by atoms with Crippen LogP contribution in [0.25, 0.3) is 0 Å². The van der Waals surface area contributed by atoms with Gasteiger partial charge in [-0.1, -0.05) is 24.6 Å². The summed E-state index contributed by atoms with van der Waals surface area (Å²) in [7, 11) is 0. The molecule has 0 radical (unpaired) electrons. The Morgan fingerprint density at radius 2 is 2.07 bits per heavy atom. The summed E-state index contributed by atoms with van der Waals surface area (Å²) >= 11 is 6.01. The highest BCUT2D eigenvalue weighted by molar-refractivity contribution is 6.31. The summed E-state index contributed by atoms with van der Waals surface area (Å²) in [6, 6.07) is 4.48. The predicted octanol–water partition coefficient (Wildman–Crippen LogP) is 3.75. The number of rotatable bonds is 2. The van der Waals surface area contributed by atoms with Crippen LogP contribution >= 0.6 is 11.6 Å². The van der Waals surface area contributed by atoms with Gasteiger partial charge in [0.1, 0.15) is 0 Å². The fraction of sp³-hybridized carbons (Fsp3) is 0.333. The molecule has 0 fully saturated rings. The molecule has 0 N–H and O–H groups in total. The van der Waals surface area contributed by atoms with E-state index < -0.39 is 0 Å². The van der Waals surface area contributed by atoms with E-state index in [1.54, 1.807) is 0 Å². The maximum atomic E-state index is 6.01. The Balaban J connectivity index is 2.28. The molecule has 0 aliphatic heterocycles. The minimum atomic E-state index is 0.382. The first-order valence-corrected chi connectivity index (χ1v) is 5.37. The third-order valence-electron chi connectivity index (χ3n) is 2.71. The van der Waals surface area contributed by atoms with Crippen molar-refractivity contribution < 1.29 is 0 Å². The molecule has 1 aliphatic carbocycles. The van der Waals surface area contributed by atoms with Crippen LogP contribution in [0, 0.1) is 5.92 Å². The third kappa shape index (κ3) is 1.78. The van der Waals surface area contributed by atoms with Crippen molar-refractivity contribution in [3.8, 4) is 0 Å². The van der Waals surface area contributed by atoms with E-state index in [1.165, 1.54) is 0 Å². The smallest absolute Gasteiger partial charge is 0.0590 e. The van der Waals surface area contributed by atoms with Crippen molar-refractivity contribution in [2.45, 2.75) is 19.4 Å². The molecule has 2 rings (SSSR count). The Morgan fingerprint density at radius 1 is 1.36 bits per heavy atom. The van der Waals surface area contributed by atoms with Gasteiger partial charge >= 0.3 is 0 Å². The third-order valence-corrected chi connectivity index (χ3v) is 2.97. The van der Waals surface area contributed by atoms with Gasteiger partial charge in [-0.2, -0.15) is 0 Å². The van der Waals surface area contributed by atoms with Crippen molar-refractivity contribution in [2.24, 2.45) is 5.92 Å². The molecule has 0 saturated carbocycles. The van der Waals surface area contributed by atoms with Crippen molar-refractivity contribution >= 4 is 11.6 Å². The predicted molar refractivity (Wildman–Crippen MR) is 60.3 cm³/mol. The molecule has 0 spiro atoms. The van der Waals surface area contributed by atoms with Gasteiger partial charge in [-0.25, -0.2) is 0 Å². The second kappa shape index (κ2) is 4.05. The van der Waals surface area contributed by atoms with Gasteiger partial charge in [0.25, 0.3) is 0 Å². The van der Waals surface area contributed by atoms with E-state index in [4.69, 9.17) is 11.6 Å². The lowest BCUT2D eigenvalue weighted by molar-refractivity contribution is 0.443. The van der Waals surface area contributed by atoms with Crippen LogP contribution in [-0.2, 0) is 0 Å². The molecule has 0 bridgehead atoms. The van der Waals surface area contributed by atoms with Crippen LogP contribution < -0.4 is 0 Å². The Labute approximate surface area is 89.7 Å². The molecule has 2 atom stereocenters. The normalized spacial score (nSPS) is 26.3. The quantitative estimate of drug-likeness (QED) is 0.696. The lowest BCUT2D eigenvalue weighted by Crippen LogP contribution is -2.16. The molecule has 74 valence electrons. The number of hydrogen-bond acceptors (Lipinski definition) is 0. The Morgan fingerprint density at radius 3 is 2.71 bits per heavy atom.